The summed E-state index contributed by atoms with van der Waals surface area (Å²) >= 11 is 0. The van der Waals surface area contributed by atoms with Gasteiger partial charge in [0.1, 0.15) is 5.75 Å². The maximum Gasteiger partial charge on any atom is 0.324 e. The molecular formula is C25H29N3O2. The summed E-state index contributed by atoms with van der Waals surface area (Å²) in [4.78, 5) is 17.2. The third kappa shape index (κ3) is 4.67. The molecule has 2 aromatic carbocycles. The fraction of sp³-hybridized carbons (Fsp3) is 0.320. The molecule has 2 amide bonds. The van der Waals surface area contributed by atoms with E-state index in [0.29, 0.717) is 13.2 Å². The largest absolute Gasteiger partial charge is 0.494 e. The van der Waals surface area contributed by atoms with E-state index in [1.165, 1.54) is 6.42 Å². The average Bonchev–Trinajstić information content (AvgIpc) is 3.34. The highest BCUT2D eigenvalue weighted by Gasteiger charge is 2.24. The first-order valence-electron chi connectivity index (χ1n) is 10.8. The minimum atomic E-state index is 0.0772. The fourth-order valence-corrected chi connectivity index (χ4v) is 3.88. The number of ether oxygens (including phenoxy) is 1. The van der Waals surface area contributed by atoms with Crippen molar-refractivity contribution in [1.29, 1.82) is 0 Å². The first-order chi connectivity index (χ1) is 14.7. The minimum absolute atomic E-state index is 0.0772. The third-order valence-corrected chi connectivity index (χ3v) is 5.50. The van der Waals surface area contributed by atoms with Gasteiger partial charge in [0.2, 0.25) is 0 Å². The Morgan fingerprint density at radius 3 is 2.23 bits per heavy atom. The molecule has 1 fully saturated rings. The van der Waals surface area contributed by atoms with Crippen LogP contribution in [0.4, 0.5) is 10.5 Å². The molecule has 156 valence electrons. The van der Waals surface area contributed by atoms with Crippen LogP contribution in [-0.2, 0) is 6.54 Å². The van der Waals surface area contributed by atoms with Crippen LogP contribution < -0.4 is 9.64 Å². The number of urea groups is 1. The molecule has 1 aliphatic heterocycles. The van der Waals surface area contributed by atoms with Crippen LogP contribution in [0, 0.1) is 0 Å². The van der Waals surface area contributed by atoms with Crippen molar-refractivity contribution in [2.24, 2.45) is 0 Å². The molecular weight excluding hydrogens is 374 g/mol. The lowest BCUT2D eigenvalue weighted by atomic mass is 10.1. The number of carbonyl (C=O) groups is 1. The fourth-order valence-electron chi connectivity index (χ4n) is 3.88. The van der Waals surface area contributed by atoms with Gasteiger partial charge in [-0.2, -0.15) is 0 Å². The van der Waals surface area contributed by atoms with Crippen LogP contribution in [0.15, 0.2) is 73.1 Å². The van der Waals surface area contributed by atoms with Gasteiger partial charge in [-0.05, 0) is 80.3 Å². The Morgan fingerprint density at radius 1 is 0.933 bits per heavy atom. The number of nitrogens with zero attached hydrogens (tertiary/aromatic N) is 3. The first-order valence-corrected chi connectivity index (χ1v) is 10.8. The highest BCUT2D eigenvalue weighted by Crippen LogP contribution is 2.24. The Labute approximate surface area is 178 Å². The maximum absolute atomic E-state index is 13.4. The number of anilines is 1. The smallest absolute Gasteiger partial charge is 0.324 e. The number of piperidine rings is 1. The molecule has 0 atom stereocenters. The van der Waals surface area contributed by atoms with Crippen molar-refractivity contribution in [1.82, 2.24) is 9.47 Å². The summed E-state index contributed by atoms with van der Waals surface area (Å²) in [6, 6.07) is 20.3. The number of rotatable bonds is 6. The number of amides is 2. The van der Waals surface area contributed by atoms with E-state index in [-0.39, 0.29) is 6.03 Å². The second kappa shape index (κ2) is 9.53. The highest BCUT2D eigenvalue weighted by molar-refractivity contribution is 5.92. The van der Waals surface area contributed by atoms with Gasteiger partial charge in [0.05, 0.1) is 13.2 Å². The summed E-state index contributed by atoms with van der Waals surface area (Å²) in [5.74, 6) is 0.822. The molecule has 1 saturated heterocycles. The number of hydrogen-bond acceptors (Lipinski definition) is 2. The minimum Gasteiger partial charge on any atom is -0.494 e. The van der Waals surface area contributed by atoms with Crippen molar-refractivity contribution in [3.63, 3.8) is 0 Å². The van der Waals surface area contributed by atoms with E-state index in [4.69, 9.17) is 4.74 Å². The number of aromatic nitrogens is 1. The Morgan fingerprint density at radius 2 is 1.60 bits per heavy atom. The molecule has 4 rings (SSSR count). The molecule has 3 aromatic rings. The van der Waals surface area contributed by atoms with Gasteiger partial charge in [0.15, 0.2) is 0 Å². The third-order valence-electron chi connectivity index (χ3n) is 5.50. The summed E-state index contributed by atoms with van der Waals surface area (Å²) in [7, 11) is 0. The van der Waals surface area contributed by atoms with E-state index in [1.807, 2.05) is 65.5 Å². The number of benzene rings is 2. The standard InChI is InChI=1S/C25H29N3O2/c1-2-30-24-14-12-23(13-15-24)28(25(29)27-18-4-3-5-19-27)20-21-8-10-22(11-9-21)26-16-6-7-17-26/h6-17H,2-5,18-20H2,1H3. The van der Waals surface area contributed by atoms with Gasteiger partial charge in [-0.3, -0.25) is 4.90 Å². The van der Waals surface area contributed by atoms with Crippen molar-refractivity contribution in [3.05, 3.63) is 78.6 Å². The second-order valence-corrected chi connectivity index (χ2v) is 7.60. The zero-order valence-electron chi connectivity index (χ0n) is 17.5. The molecule has 0 aliphatic carbocycles. The van der Waals surface area contributed by atoms with Crippen molar-refractivity contribution >= 4 is 11.7 Å². The van der Waals surface area contributed by atoms with Crippen molar-refractivity contribution in [3.8, 4) is 11.4 Å². The SMILES string of the molecule is CCOc1ccc(N(Cc2ccc(-n3cccc3)cc2)C(=O)N2CCCCC2)cc1. The lowest BCUT2D eigenvalue weighted by Gasteiger charge is -2.33. The van der Waals surface area contributed by atoms with E-state index in [1.54, 1.807) is 0 Å². The molecule has 30 heavy (non-hydrogen) atoms. The predicted octanol–water partition coefficient (Wildman–Crippen LogP) is 5.49. The van der Waals surface area contributed by atoms with Crippen molar-refractivity contribution in [2.75, 3.05) is 24.6 Å². The Kier molecular flexibility index (Phi) is 6.38. The van der Waals surface area contributed by atoms with Crippen LogP contribution >= 0.6 is 0 Å². The van der Waals surface area contributed by atoms with Crippen LogP contribution in [0.1, 0.15) is 31.7 Å². The first kappa shape index (κ1) is 20.1. The molecule has 0 spiro atoms. The number of carbonyl (C=O) groups excluding carboxylic acids is 1. The molecule has 0 N–H and O–H groups in total. The Bertz CT molecular complexity index is 928. The van der Waals surface area contributed by atoms with Crippen LogP contribution in [0.5, 0.6) is 5.75 Å². The van der Waals surface area contributed by atoms with Crippen LogP contribution in [0.3, 0.4) is 0 Å². The molecule has 1 aliphatic rings. The van der Waals surface area contributed by atoms with Gasteiger partial charge in [0, 0.05) is 36.9 Å². The summed E-state index contributed by atoms with van der Waals surface area (Å²) < 4.78 is 7.64. The zero-order valence-corrected chi connectivity index (χ0v) is 17.5. The molecule has 1 aromatic heterocycles. The molecule has 0 saturated carbocycles. The second-order valence-electron chi connectivity index (χ2n) is 7.60. The van der Waals surface area contributed by atoms with Gasteiger partial charge < -0.3 is 14.2 Å². The van der Waals surface area contributed by atoms with E-state index >= 15 is 0 Å². The van der Waals surface area contributed by atoms with Crippen LogP contribution in [0.25, 0.3) is 5.69 Å². The van der Waals surface area contributed by atoms with Gasteiger partial charge in [-0.1, -0.05) is 12.1 Å². The predicted molar refractivity (Wildman–Crippen MR) is 120 cm³/mol. The summed E-state index contributed by atoms with van der Waals surface area (Å²) in [5, 5.41) is 0. The Balaban J connectivity index is 1.57. The van der Waals surface area contributed by atoms with E-state index in [0.717, 1.165) is 48.6 Å². The lowest BCUT2D eigenvalue weighted by molar-refractivity contribution is 0.192. The average molecular weight is 404 g/mol. The molecule has 5 nitrogen and oxygen atoms in total. The van der Waals surface area contributed by atoms with Gasteiger partial charge in [-0.15, -0.1) is 0 Å². The monoisotopic (exact) mass is 403 g/mol. The Hall–Kier alpha value is -3.21. The number of hydrogen-bond donors (Lipinski definition) is 0. The normalized spacial score (nSPS) is 13.8. The maximum atomic E-state index is 13.4. The molecule has 0 bridgehead atoms. The molecule has 5 heteroatoms. The lowest BCUT2D eigenvalue weighted by Crippen LogP contribution is -2.45. The zero-order chi connectivity index (χ0) is 20.8. The van der Waals surface area contributed by atoms with E-state index in [9.17, 15) is 4.79 Å². The summed E-state index contributed by atoms with van der Waals surface area (Å²) in [5.41, 5.74) is 3.10. The highest BCUT2D eigenvalue weighted by atomic mass is 16.5. The van der Waals surface area contributed by atoms with Gasteiger partial charge in [-0.25, -0.2) is 4.79 Å². The van der Waals surface area contributed by atoms with E-state index < -0.39 is 0 Å². The molecule has 2 heterocycles. The quantitative estimate of drug-likeness (QED) is 0.546. The molecule has 0 radical (unpaired) electrons. The van der Waals surface area contributed by atoms with Gasteiger partial charge >= 0.3 is 6.03 Å². The number of likely N-dealkylation sites (tertiary alicyclic amines) is 1. The summed E-state index contributed by atoms with van der Waals surface area (Å²) in [6.07, 6.45) is 7.42. The van der Waals surface area contributed by atoms with Crippen molar-refractivity contribution < 1.29 is 9.53 Å². The molecule has 0 unspecified atom stereocenters. The van der Waals surface area contributed by atoms with Crippen LogP contribution in [-0.4, -0.2) is 35.2 Å². The van der Waals surface area contributed by atoms with E-state index in [2.05, 4.69) is 28.8 Å². The van der Waals surface area contributed by atoms with Gasteiger partial charge in [0.25, 0.3) is 0 Å². The van der Waals surface area contributed by atoms with Crippen LogP contribution in [0.2, 0.25) is 0 Å². The summed E-state index contributed by atoms with van der Waals surface area (Å²) in [6.45, 7) is 4.80. The topological polar surface area (TPSA) is 37.7 Å². The van der Waals surface area contributed by atoms with Crippen molar-refractivity contribution in [2.45, 2.75) is 32.7 Å².